The number of amides is 1. The number of hydrogen-bond donors (Lipinski definition) is 1. The number of rotatable bonds is 11. The smallest absolute Gasteiger partial charge is 0.308 e. The van der Waals surface area contributed by atoms with Gasteiger partial charge in [0.05, 0.1) is 37.9 Å². The van der Waals surface area contributed by atoms with Crippen molar-refractivity contribution in [1.82, 2.24) is 15.1 Å². The van der Waals surface area contributed by atoms with E-state index in [1.165, 1.54) is 32.1 Å². The summed E-state index contributed by atoms with van der Waals surface area (Å²) in [5, 5.41) is 7.99. The highest BCUT2D eigenvalue weighted by Gasteiger charge is 2.29. The molecule has 1 aromatic carbocycles. The first kappa shape index (κ1) is 29.9. The molecule has 2 aliphatic carbocycles. The number of esters is 1. The van der Waals surface area contributed by atoms with Crippen LogP contribution in [0.15, 0.2) is 24.3 Å². The fourth-order valence-electron chi connectivity index (χ4n) is 6.20. The molecule has 40 heavy (non-hydrogen) atoms. The molecule has 1 heterocycles. The zero-order chi connectivity index (χ0) is 28.7. The molecule has 0 bridgehead atoms. The van der Waals surface area contributed by atoms with Crippen LogP contribution in [-0.2, 0) is 9.53 Å². The molecule has 2 aliphatic rings. The van der Waals surface area contributed by atoms with Crippen LogP contribution in [0.5, 0.6) is 11.5 Å². The summed E-state index contributed by atoms with van der Waals surface area (Å²) in [6.45, 7) is 5.59. The number of aromatic nitrogens is 2. The Morgan fingerprint density at radius 3 is 2.23 bits per heavy atom. The van der Waals surface area contributed by atoms with E-state index >= 15 is 0 Å². The topological polar surface area (TPSA) is 91.7 Å². The Morgan fingerprint density at radius 1 is 1.00 bits per heavy atom. The summed E-state index contributed by atoms with van der Waals surface area (Å²) < 4.78 is 19.0. The van der Waals surface area contributed by atoms with Gasteiger partial charge in [0.1, 0.15) is 17.1 Å². The fraction of sp³-hybridized carbons (Fsp3) is 0.656. The predicted molar refractivity (Wildman–Crippen MR) is 156 cm³/mol. The fourth-order valence-corrected chi connectivity index (χ4v) is 6.20. The van der Waals surface area contributed by atoms with Crippen molar-refractivity contribution in [1.29, 1.82) is 0 Å². The third-order valence-corrected chi connectivity index (χ3v) is 8.14. The van der Waals surface area contributed by atoms with Gasteiger partial charge in [0, 0.05) is 6.04 Å². The van der Waals surface area contributed by atoms with E-state index in [0.29, 0.717) is 23.1 Å². The maximum atomic E-state index is 13.7. The summed E-state index contributed by atoms with van der Waals surface area (Å²) in [5.41, 5.74) is 1.35. The first-order chi connectivity index (χ1) is 19.2. The minimum atomic E-state index is -0.572. The first-order valence-electron chi connectivity index (χ1n) is 15.0. The second kappa shape index (κ2) is 13.6. The third-order valence-electron chi connectivity index (χ3n) is 8.14. The molecule has 2 aromatic rings. The van der Waals surface area contributed by atoms with Crippen molar-refractivity contribution in [2.24, 2.45) is 5.92 Å². The van der Waals surface area contributed by atoms with Crippen LogP contribution in [0.25, 0.3) is 11.3 Å². The Kier molecular flexibility index (Phi) is 10.1. The number of hydrogen-bond acceptors (Lipinski definition) is 6. The Labute approximate surface area is 239 Å². The molecule has 1 atom stereocenters. The molecular formula is C32H47N3O5. The van der Waals surface area contributed by atoms with Gasteiger partial charge in [0.15, 0.2) is 5.69 Å². The molecule has 4 rings (SSSR count). The highest BCUT2D eigenvalue weighted by atomic mass is 16.6. The molecule has 2 fully saturated rings. The number of methoxy groups -OCH3 is 2. The normalized spacial score (nSPS) is 17.4. The van der Waals surface area contributed by atoms with Gasteiger partial charge in [-0.1, -0.05) is 51.0 Å². The average molecular weight is 554 g/mol. The van der Waals surface area contributed by atoms with Gasteiger partial charge >= 0.3 is 5.97 Å². The quantitative estimate of drug-likeness (QED) is 0.305. The van der Waals surface area contributed by atoms with Gasteiger partial charge in [-0.25, -0.2) is 0 Å². The molecule has 2 saturated carbocycles. The summed E-state index contributed by atoms with van der Waals surface area (Å²) in [6, 6.07) is 7.40. The lowest BCUT2D eigenvalue weighted by Gasteiger charge is -2.26. The predicted octanol–water partition coefficient (Wildman–Crippen LogP) is 6.87. The Hall–Kier alpha value is -3.03. The van der Waals surface area contributed by atoms with Crippen LogP contribution in [0.4, 0.5) is 0 Å². The molecule has 0 radical (unpaired) electrons. The number of carbonyl (C=O) groups is 2. The summed E-state index contributed by atoms with van der Waals surface area (Å²) in [4.78, 5) is 26.5. The third kappa shape index (κ3) is 7.79. The minimum Gasteiger partial charge on any atom is -0.496 e. The highest BCUT2D eigenvalue weighted by molar-refractivity contribution is 5.94. The van der Waals surface area contributed by atoms with Crippen LogP contribution in [0, 0.1) is 5.92 Å². The monoisotopic (exact) mass is 553 g/mol. The van der Waals surface area contributed by atoms with Gasteiger partial charge in [-0.3, -0.25) is 14.3 Å². The van der Waals surface area contributed by atoms with Crippen LogP contribution in [0.1, 0.15) is 114 Å². The first-order valence-corrected chi connectivity index (χ1v) is 15.0. The summed E-state index contributed by atoms with van der Waals surface area (Å²) in [7, 11) is 3.27. The van der Waals surface area contributed by atoms with E-state index in [0.717, 1.165) is 49.8 Å². The van der Waals surface area contributed by atoms with Gasteiger partial charge in [0.2, 0.25) is 0 Å². The van der Waals surface area contributed by atoms with Crippen LogP contribution < -0.4 is 14.8 Å². The number of nitrogens with zero attached hydrogens (tertiary/aromatic N) is 2. The van der Waals surface area contributed by atoms with E-state index < -0.39 is 5.60 Å². The largest absolute Gasteiger partial charge is 0.496 e. The van der Waals surface area contributed by atoms with Crippen molar-refractivity contribution in [3.05, 3.63) is 30.0 Å². The highest BCUT2D eigenvalue weighted by Crippen LogP contribution is 2.42. The molecule has 8 heteroatoms. The van der Waals surface area contributed by atoms with Gasteiger partial charge in [-0.15, -0.1) is 0 Å². The second-order valence-electron chi connectivity index (χ2n) is 12.4. The maximum Gasteiger partial charge on any atom is 0.308 e. The lowest BCUT2D eigenvalue weighted by atomic mass is 9.85. The van der Waals surface area contributed by atoms with E-state index in [4.69, 9.17) is 19.3 Å². The molecule has 0 spiro atoms. The lowest BCUT2D eigenvalue weighted by Crippen LogP contribution is -2.38. The van der Waals surface area contributed by atoms with E-state index in [1.807, 2.05) is 49.7 Å². The van der Waals surface area contributed by atoms with Crippen molar-refractivity contribution < 1.29 is 23.8 Å². The summed E-state index contributed by atoms with van der Waals surface area (Å²) in [5.74, 6) is 1.42. The average Bonchev–Trinajstić information content (AvgIpc) is 3.61. The van der Waals surface area contributed by atoms with Crippen molar-refractivity contribution in [2.45, 2.75) is 116 Å². The number of nitrogens with one attached hydrogen (secondary N) is 1. The lowest BCUT2D eigenvalue weighted by molar-refractivity contribution is -0.155. The number of benzene rings is 1. The molecule has 1 aromatic heterocycles. The van der Waals surface area contributed by atoms with Crippen molar-refractivity contribution in [2.75, 3.05) is 14.2 Å². The standard InChI is InChI=1S/C32H47N3O5/c1-32(2,3)40-29(36)20-23(19-18-22-12-7-6-8-13-22)33-31(37)25-21-26(35(34-25)24-14-9-10-15-24)30-27(38-4)16-11-17-28(30)39-5/h11,16-17,21-24H,6-10,12-15,18-20H2,1-5H3,(H,33,37)/t23-/m0/s1. The minimum absolute atomic E-state index is 0.145. The van der Waals surface area contributed by atoms with E-state index in [2.05, 4.69) is 5.32 Å². The van der Waals surface area contributed by atoms with Crippen LogP contribution in [-0.4, -0.2) is 47.5 Å². The zero-order valence-electron chi connectivity index (χ0n) is 25.0. The Morgan fingerprint density at radius 2 is 1.62 bits per heavy atom. The second-order valence-corrected chi connectivity index (χ2v) is 12.4. The van der Waals surface area contributed by atoms with E-state index in [9.17, 15) is 9.59 Å². The summed E-state index contributed by atoms with van der Waals surface area (Å²) in [6.07, 6.45) is 12.5. The van der Waals surface area contributed by atoms with E-state index in [-0.39, 0.29) is 30.4 Å². The molecular weight excluding hydrogens is 506 g/mol. The molecule has 8 nitrogen and oxygen atoms in total. The van der Waals surface area contributed by atoms with Gasteiger partial charge < -0.3 is 19.5 Å². The van der Waals surface area contributed by atoms with Crippen LogP contribution in [0.2, 0.25) is 0 Å². The van der Waals surface area contributed by atoms with Crippen molar-refractivity contribution in [3.63, 3.8) is 0 Å². The Bertz CT molecular complexity index is 1120. The SMILES string of the molecule is COc1cccc(OC)c1-c1cc(C(=O)N[C@@H](CCC2CCCCC2)CC(=O)OC(C)(C)C)nn1C1CCCC1. The molecule has 0 aliphatic heterocycles. The van der Waals surface area contributed by atoms with Crippen molar-refractivity contribution >= 4 is 11.9 Å². The molecule has 0 unspecified atom stereocenters. The molecule has 220 valence electrons. The Balaban J connectivity index is 1.60. The van der Waals surface area contributed by atoms with Crippen LogP contribution in [0.3, 0.4) is 0 Å². The van der Waals surface area contributed by atoms with E-state index in [1.54, 1.807) is 14.2 Å². The van der Waals surface area contributed by atoms with Gasteiger partial charge in [-0.2, -0.15) is 5.10 Å². The molecule has 1 amide bonds. The van der Waals surface area contributed by atoms with Crippen LogP contribution >= 0.6 is 0 Å². The number of ether oxygens (including phenoxy) is 3. The molecule has 0 saturated heterocycles. The van der Waals surface area contributed by atoms with Gasteiger partial charge in [-0.05, 0) is 70.6 Å². The molecule has 1 N–H and O–H groups in total. The van der Waals surface area contributed by atoms with Crippen molar-refractivity contribution in [3.8, 4) is 22.8 Å². The van der Waals surface area contributed by atoms with Gasteiger partial charge in [0.25, 0.3) is 5.91 Å². The maximum absolute atomic E-state index is 13.7. The summed E-state index contributed by atoms with van der Waals surface area (Å²) >= 11 is 0. The zero-order valence-corrected chi connectivity index (χ0v) is 25.0. The number of carbonyl (C=O) groups excluding carboxylic acids is 2.